The number of aromatic nitrogens is 3. The zero-order chi connectivity index (χ0) is 15.5. The lowest BCUT2D eigenvalue weighted by atomic mass is 10.2. The highest BCUT2D eigenvalue weighted by atomic mass is 19.4. The summed E-state index contributed by atoms with van der Waals surface area (Å²) < 4.78 is 39.9. The molecule has 6 nitrogen and oxygen atoms in total. The molecule has 2 rings (SSSR count). The standard InChI is InChI=1S/C12H15F3N6/c1-8-6-18-21(7-8)3-2-17-10-4-9(12(13,14)15)5-11(19-10)20-16/h4-7H,2-3,16H2,1H3,(H2,17,19,20). The van der Waals surface area contributed by atoms with E-state index in [9.17, 15) is 13.2 Å². The van der Waals surface area contributed by atoms with Crippen molar-refractivity contribution in [2.24, 2.45) is 5.84 Å². The maximum atomic E-state index is 12.7. The Morgan fingerprint density at radius 2 is 2.00 bits per heavy atom. The molecule has 0 aliphatic carbocycles. The molecule has 0 fully saturated rings. The van der Waals surface area contributed by atoms with Crippen molar-refractivity contribution in [3.63, 3.8) is 0 Å². The number of anilines is 2. The van der Waals surface area contributed by atoms with Crippen LogP contribution in [0.25, 0.3) is 0 Å². The van der Waals surface area contributed by atoms with Crippen molar-refractivity contribution in [2.75, 3.05) is 17.3 Å². The molecule has 2 aromatic rings. The summed E-state index contributed by atoms with van der Waals surface area (Å²) in [4.78, 5) is 3.92. The summed E-state index contributed by atoms with van der Waals surface area (Å²) in [5.41, 5.74) is 2.32. The summed E-state index contributed by atoms with van der Waals surface area (Å²) in [6, 6.07) is 1.79. The molecule has 0 spiro atoms. The molecule has 4 N–H and O–H groups in total. The van der Waals surface area contributed by atoms with Crippen LogP contribution < -0.4 is 16.6 Å². The van der Waals surface area contributed by atoms with E-state index in [4.69, 9.17) is 5.84 Å². The van der Waals surface area contributed by atoms with Gasteiger partial charge in [0, 0.05) is 12.7 Å². The van der Waals surface area contributed by atoms with Crippen LogP contribution in [0.15, 0.2) is 24.5 Å². The van der Waals surface area contributed by atoms with Crippen molar-refractivity contribution in [1.29, 1.82) is 0 Å². The summed E-state index contributed by atoms with van der Waals surface area (Å²) in [5.74, 6) is 5.18. The predicted molar refractivity (Wildman–Crippen MR) is 72.5 cm³/mol. The number of nitrogens with two attached hydrogens (primary N) is 1. The molecule has 0 aliphatic rings. The van der Waals surface area contributed by atoms with E-state index in [1.807, 2.05) is 13.1 Å². The molecule has 2 heterocycles. The van der Waals surface area contributed by atoms with Gasteiger partial charge in [0.1, 0.15) is 11.6 Å². The van der Waals surface area contributed by atoms with Gasteiger partial charge in [-0.2, -0.15) is 18.3 Å². The van der Waals surface area contributed by atoms with Crippen LogP contribution in [0.1, 0.15) is 11.1 Å². The second kappa shape index (κ2) is 6.00. The minimum absolute atomic E-state index is 0.0535. The summed E-state index contributed by atoms with van der Waals surface area (Å²) in [5, 5.41) is 6.90. The molecular weight excluding hydrogens is 285 g/mol. The Morgan fingerprint density at radius 1 is 1.29 bits per heavy atom. The maximum absolute atomic E-state index is 12.7. The number of alkyl halides is 3. The Morgan fingerprint density at radius 3 is 2.57 bits per heavy atom. The van der Waals surface area contributed by atoms with E-state index in [-0.39, 0.29) is 11.6 Å². The van der Waals surface area contributed by atoms with Gasteiger partial charge >= 0.3 is 6.18 Å². The van der Waals surface area contributed by atoms with Crippen molar-refractivity contribution in [1.82, 2.24) is 14.8 Å². The number of nitrogens with one attached hydrogen (secondary N) is 2. The lowest BCUT2D eigenvalue weighted by molar-refractivity contribution is -0.137. The molecule has 0 amide bonds. The number of hydrogen-bond acceptors (Lipinski definition) is 5. The third-order valence-corrected chi connectivity index (χ3v) is 2.71. The van der Waals surface area contributed by atoms with E-state index in [1.54, 1.807) is 10.9 Å². The van der Waals surface area contributed by atoms with E-state index in [1.165, 1.54) is 0 Å². The minimum atomic E-state index is -4.45. The quantitative estimate of drug-likeness (QED) is 0.581. The number of nitrogens with zero attached hydrogens (tertiary/aromatic N) is 3. The second-order valence-electron chi connectivity index (χ2n) is 4.48. The summed E-state index contributed by atoms with van der Waals surface area (Å²) in [6.07, 6.45) is -0.906. The Kier molecular flexibility index (Phi) is 4.32. The van der Waals surface area contributed by atoms with Gasteiger partial charge in [0.15, 0.2) is 0 Å². The lowest BCUT2D eigenvalue weighted by Gasteiger charge is -2.12. The fourth-order valence-corrected chi connectivity index (χ4v) is 1.75. The van der Waals surface area contributed by atoms with Crippen LogP contribution in [-0.4, -0.2) is 21.3 Å². The molecule has 0 aromatic carbocycles. The highest BCUT2D eigenvalue weighted by Crippen LogP contribution is 2.31. The van der Waals surface area contributed by atoms with Gasteiger partial charge in [0.25, 0.3) is 0 Å². The smallest absolute Gasteiger partial charge is 0.368 e. The van der Waals surface area contributed by atoms with Gasteiger partial charge in [0.2, 0.25) is 0 Å². The van der Waals surface area contributed by atoms with Gasteiger partial charge in [-0.1, -0.05) is 0 Å². The van der Waals surface area contributed by atoms with Crippen LogP contribution in [0.3, 0.4) is 0 Å². The molecule has 0 radical (unpaired) electrons. The molecule has 0 saturated carbocycles. The molecule has 0 aliphatic heterocycles. The Bertz CT molecular complexity index is 607. The van der Waals surface area contributed by atoms with E-state index in [2.05, 4.69) is 20.8 Å². The molecule has 114 valence electrons. The van der Waals surface area contributed by atoms with E-state index < -0.39 is 11.7 Å². The van der Waals surface area contributed by atoms with Gasteiger partial charge in [-0.3, -0.25) is 4.68 Å². The molecule has 0 saturated heterocycles. The van der Waals surface area contributed by atoms with Crippen LogP contribution >= 0.6 is 0 Å². The molecular formula is C12H15F3N6. The molecule has 0 bridgehead atoms. The van der Waals surface area contributed by atoms with Gasteiger partial charge in [-0.05, 0) is 24.6 Å². The Hall–Kier alpha value is -2.29. The topological polar surface area (TPSA) is 80.8 Å². The first-order valence-electron chi connectivity index (χ1n) is 6.17. The summed E-state index contributed by atoms with van der Waals surface area (Å²) >= 11 is 0. The fraction of sp³-hybridized carbons (Fsp3) is 0.333. The highest BCUT2D eigenvalue weighted by molar-refractivity contribution is 5.49. The van der Waals surface area contributed by atoms with E-state index in [0.29, 0.717) is 13.1 Å². The third-order valence-electron chi connectivity index (χ3n) is 2.71. The SMILES string of the molecule is Cc1cnn(CCNc2cc(C(F)(F)F)cc(NN)n2)c1. The van der Waals surface area contributed by atoms with Crippen molar-refractivity contribution >= 4 is 11.6 Å². The van der Waals surface area contributed by atoms with Crippen LogP contribution in [-0.2, 0) is 12.7 Å². The first-order chi connectivity index (χ1) is 9.88. The van der Waals surface area contributed by atoms with Gasteiger partial charge in [-0.25, -0.2) is 10.8 Å². The minimum Gasteiger partial charge on any atom is -0.368 e. The number of pyridine rings is 1. The van der Waals surface area contributed by atoms with Crippen LogP contribution in [0.2, 0.25) is 0 Å². The van der Waals surface area contributed by atoms with Crippen molar-refractivity contribution in [3.05, 3.63) is 35.7 Å². The fourth-order valence-electron chi connectivity index (χ4n) is 1.75. The van der Waals surface area contributed by atoms with Crippen LogP contribution in [0, 0.1) is 6.92 Å². The highest BCUT2D eigenvalue weighted by Gasteiger charge is 2.31. The largest absolute Gasteiger partial charge is 0.416 e. The number of hydrazine groups is 1. The number of halogens is 3. The molecule has 0 atom stereocenters. The zero-order valence-corrected chi connectivity index (χ0v) is 11.3. The number of aryl methyl sites for hydroxylation is 1. The summed E-state index contributed by atoms with van der Waals surface area (Å²) in [6.45, 7) is 2.81. The second-order valence-corrected chi connectivity index (χ2v) is 4.48. The third kappa shape index (κ3) is 4.09. The molecule has 9 heteroatoms. The monoisotopic (exact) mass is 300 g/mol. The van der Waals surface area contributed by atoms with Crippen molar-refractivity contribution in [3.8, 4) is 0 Å². The van der Waals surface area contributed by atoms with Crippen LogP contribution in [0.4, 0.5) is 24.8 Å². The Balaban J connectivity index is 2.05. The average molecular weight is 300 g/mol. The lowest BCUT2D eigenvalue weighted by Crippen LogP contribution is -2.16. The van der Waals surface area contributed by atoms with Gasteiger partial charge in [-0.15, -0.1) is 0 Å². The van der Waals surface area contributed by atoms with E-state index >= 15 is 0 Å². The number of hydrogen-bond donors (Lipinski definition) is 3. The first kappa shape index (κ1) is 15.1. The van der Waals surface area contributed by atoms with Gasteiger partial charge < -0.3 is 10.7 Å². The maximum Gasteiger partial charge on any atom is 0.416 e. The normalized spacial score (nSPS) is 11.5. The molecule has 0 unspecified atom stereocenters. The van der Waals surface area contributed by atoms with Gasteiger partial charge in [0.05, 0.1) is 18.3 Å². The van der Waals surface area contributed by atoms with E-state index in [0.717, 1.165) is 17.7 Å². The number of rotatable bonds is 5. The zero-order valence-electron chi connectivity index (χ0n) is 11.3. The average Bonchev–Trinajstić information content (AvgIpc) is 2.83. The van der Waals surface area contributed by atoms with Crippen molar-refractivity contribution in [2.45, 2.75) is 19.6 Å². The predicted octanol–water partition coefficient (Wildman–Crippen LogP) is 2.00. The molecule has 2 aromatic heterocycles. The van der Waals surface area contributed by atoms with Crippen molar-refractivity contribution < 1.29 is 13.2 Å². The molecule has 21 heavy (non-hydrogen) atoms. The Labute approximate surface area is 119 Å². The number of nitrogen functional groups attached to an aromatic ring is 1. The van der Waals surface area contributed by atoms with Crippen LogP contribution in [0.5, 0.6) is 0 Å². The first-order valence-corrected chi connectivity index (χ1v) is 6.17. The summed E-state index contributed by atoms with van der Waals surface area (Å²) in [7, 11) is 0.